The summed E-state index contributed by atoms with van der Waals surface area (Å²) in [6, 6.07) is 5.22. The summed E-state index contributed by atoms with van der Waals surface area (Å²) in [5, 5.41) is 2.31. The Bertz CT molecular complexity index is 485. The van der Waals surface area contributed by atoms with Gasteiger partial charge in [-0.15, -0.1) is 11.6 Å². The lowest BCUT2D eigenvalue weighted by molar-refractivity contribution is -0.118. The second kappa shape index (κ2) is 6.85. The van der Waals surface area contributed by atoms with E-state index in [4.69, 9.17) is 21.1 Å². The van der Waals surface area contributed by atoms with Gasteiger partial charge in [0.05, 0.1) is 11.1 Å². The lowest BCUT2D eigenvalue weighted by atomic mass is 10.1. The minimum absolute atomic E-state index is 0.00187. The number of amides is 1. The summed E-state index contributed by atoms with van der Waals surface area (Å²) in [6.07, 6.45) is -2.07. The molecule has 0 saturated heterocycles. The molecule has 110 valence electrons. The summed E-state index contributed by atoms with van der Waals surface area (Å²) < 4.78 is 33.8. The highest BCUT2D eigenvalue weighted by molar-refractivity contribution is 6.20. The number of halogens is 3. The van der Waals surface area contributed by atoms with Crippen LogP contribution in [0.1, 0.15) is 17.4 Å². The largest absolute Gasteiger partial charge is 0.482 e. The quantitative estimate of drug-likeness (QED) is 0.649. The Hall–Kier alpha value is -1.40. The maximum absolute atomic E-state index is 11.9. The van der Waals surface area contributed by atoms with Gasteiger partial charge in [0, 0.05) is 6.61 Å². The van der Waals surface area contributed by atoms with E-state index in [0.29, 0.717) is 17.9 Å². The van der Waals surface area contributed by atoms with Gasteiger partial charge in [0.25, 0.3) is 12.3 Å². The number of ether oxygens (including phenoxy) is 2. The Labute approximate surface area is 120 Å². The maximum atomic E-state index is 11.9. The minimum atomic E-state index is -2.47. The molecule has 0 aromatic heterocycles. The number of carbonyl (C=O) groups excluding carboxylic acids is 1. The molecule has 1 aromatic rings. The van der Waals surface area contributed by atoms with Gasteiger partial charge in [0.15, 0.2) is 6.61 Å². The van der Waals surface area contributed by atoms with E-state index in [1.54, 1.807) is 18.2 Å². The van der Waals surface area contributed by atoms with Crippen LogP contribution in [0.5, 0.6) is 5.75 Å². The van der Waals surface area contributed by atoms with Crippen molar-refractivity contribution < 1.29 is 23.0 Å². The summed E-state index contributed by atoms with van der Waals surface area (Å²) in [5.41, 5.74) is 1.34. The second-order valence-electron chi connectivity index (χ2n) is 4.31. The number of hydrogen-bond donors (Lipinski definition) is 1. The highest BCUT2D eigenvalue weighted by atomic mass is 35.5. The summed E-state index contributed by atoms with van der Waals surface area (Å²) in [6.45, 7) is -0.436. The number of fused-ring (bicyclic) bond motifs is 1. The molecular weight excluding hydrogens is 292 g/mol. The Morgan fingerprint density at radius 3 is 3.00 bits per heavy atom. The van der Waals surface area contributed by atoms with Gasteiger partial charge in [0.1, 0.15) is 12.4 Å². The summed E-state index contributed by atoms with van der Waals surface area (Å²) in [5.74, 6) is 0.368. The van der Waals surface area contributed by atoms with Crippen molar-refractivity contribution in [3.63, 3.8) is 0 Å². The molecular formula is C13H14ClF2NO3. The van der Waals surface area contributed by atoms with Crippen LogP contribution in [0.2, 0.25) is 0 Å². The highest BCUT2D eigenvalue weighted by Crippen LogP contribution is 2.33. The predicted molar refractivity (Wildman–Crippen MR) is 70.6 cm³/mol. The SMILES string of the molecule is O=C1COc2ccc(C(Cl)CCOCC(F)F)cc2N1. The monoisotopic (exact) mass is 305 g/mol. The molecule has 0 bridgehead atoms. The third kappa shape index (κ3) is 4.05. The molecule has 2 rings (SSSR count). The highest BCUT2D eigenvalue weighted by Gasteiger charge is 2.18. The van der Waals surface area contributed by atoms with E-state index >= 15 is 0 Å². The van der Waals surface area contributed by atoms with Gasteiger partial charge in [-0.3, -0.25) is 4.79 Å². The van der Waals surface area contributed by atoms with Gasteiger partial charge in [0.2, 0.25) is 0 Å². The van der Waals surface area contributed by atoms with Crippen molar-refractivity contribution in [2.45, 2.75) is 18.2 Å². The average Bonchev–Trinajstić information content (AvgIpc) is 2.42. The fourth-order valence-corrected chi connectivity index (χ4v) is 2.05. The van der Waals surface area contributed by atoms with Gasteiger partial charge >= 0.3 is 0 Å². The van der Waals surface area contributed by atoms with Crippen LogP contribution in [0, 0.1) is 0 Å². The first-order valence-electron chi connectivity index (χ1n) is 6.13. The number of carbonyl (C=O) groups is 1. The van der Waals surface area contributed by atoms with Crippen LogP contribution in [0.25, 0.3) is 0 Å². The van der Waals surface area contributed by atoms with Crippen LogP contribution in [0.3, 0.4) is 0 Å². The summed E-state index contributed by atoms with van der Waals surface area (Å²) >= 11 is 6.18. The van der Waals surface area contributed by atoms with Crippen LogP contribution < -0.4 is 10.1 Å². The molecule has 1 N–H and O–H groups in total. The molecule has 0 aliphatic carbocycles. The average molecular weight is 306 g/mol. The number of anilines is 1. The molecule has 1 atom stereocenters. The van der Waals surface area contributed by atoms with E-state index in [2.05, 4.69) is 5.32 Å². The molecule has 0 spiro atoms. The van der Waals surface area contributed by atoms with Crippen LogP contribution >= 0.6 is 11.6 Å². The third-order valence-electron chi connectivity index (χ3n) is 2.76. The topological polar surface area (TPSA) is 47.6 Å². The van der Waals surface area contributed by atoms with E-state index in [1.807, 2.05) is 0 Å². The summed E-state index contributed by atoms with van der Waals surface area (Å²) in [7, 11) is 0. The van der Waals surface area contributed by atoms with E-state index in [1.165, 1.54) is 0 Å². The van der Waals surface area contributed by atoms with Crippen molar-refractivity contribution in [2.75, 3.05) is 25.1 Å². The zero-order valence-corrected chi connectivity index (χ0v) is 11.3. The first-order chi connectivity index (χ1) is 9.56. The van der Waals surface area contributed by atoms with Gasteiger partial charge in [-0.2, -0.15) is 0 Å². The van der Waals surface area contributed by atoms with Gasteiger partial charge < -0.3 is 14.8 Å². The fraction of sp³-hybridized carbons (Fsp3) is 0.462. The summed E-state index contributed by atoms with van der Waals surface area (Å²) in [4.78, 5) is 11.2. The van der Waals surface area contributed by atoms with Crippen molar-refractivity contribution >= 4 is 23.2 Å². The predicted octanol–water partition coefficient (Wildman–Crippen LogP) is 2.97. The van der Waals surface area contributed by atoms with E-state index in [-0.39, 0.29) is 24.5 Å². The molecule has 4 nitrogen and oxygen atoms in total. The fourth-order valence-electron chi connectivity index (χ4n) is 1.82. The van der Waals surface area contributed by atoms with Gasteiger partial charge in [-0.1, -0.05) is 6.07 Å². The van der Waals surface area contributed by atoms with Crippen LogP contribution in [-0.4, -0.2) is 32.2 Å². The molecule has 0 fully saturated rings. The van der Waals surface area contributed by atoms with E-state index < -0.39 is 13.0 Å². The Kier molecular flexibility index (Phi) is 5.14. The molecule has 1 aliphatic heterocycles. The molecule has 20 heavy (non-hydrogen) atoms. The van der Waals surface area contributed by atoms with Crippen LogP contribution in [0.15, 0.2) is 18.2 Å². The van der Waals surface area contributed by atoms with Crippen molar-refractivity contribution in [1.29, 1.82) is 0 Å². The number of nitrogens with one attached hydrogen (secondary N) is 1. The van der Waals surface area contributed by atoms with Crippen molar-refractivity contribution in [1.82, 2.24) is 0 Å². The molecule has 7 heteroatoms. The lowest BCUT2D eigenvalue weighted by Gasteiger charge is -2.19. The number of rotatable bonds is 6. The third-order valence-corrected chi connectivity index (χ3v) is 3.23. The maximum Gasteiger partial charge on any atom is 0.262 e. The standard InChI is InChI=1S/C13H14ClF2NO3/c14-9(3-4-19-6-12(15)16)8-1-2-11-10(5-8)17-13(18)7-20-11/h1-2,5,9,12H,3-4,6-7H2,(H,17,18). The number of benzene rings is 1. The Morgan fingerprint density at radius 2 is 2.25 bits per heavy atom. The van der Waals surface area contributed by atoms with Crippen LogP contribution in [0.4, 0.5) is 14.5 Å². The Balaban J connectivity index is 1.91. The normalized spacial score (nSPS) is 15.5. The van der Waals surface area contributed by atoms with E-state index in [9.17, 15) is 13.6 Å². The van der Waals surface area contributed by atoms with Crippen molar-refractivity contribution in [3.05, 3.63) is 23.8 Å². The molecule has 1 heterocycles. The zero-order chi connectivity index (χ0) is 14.5. The van der Waals surface area contributed by atoms with Crippen LogP contribution in [-0.2, 0) is 9.53 Å². The van der Waals surface area contributed by atoms with E-state index in [0.717, 1.165) is 5.56 Å². The molecule has 1 unspecified atom stereocenters. The molecule has 1 aromatic carbocycles. The van der Waals surface area contributed by atoms with Gasteiger partial charge in [-0.25, -0.2) is 8.78 Å². The first-order valence-corrected chi connectivity index (χ1v) is 6.56. The molecule has 0 saturated carbocycles. The zero-order valence-electron chi connectivity index (χ0n) is 10.6. The van der Waals surface area contributed by atoms with Crippen molar-refractivity contribution in [2.24, 2.45) is 0 Å². The Morgan fingerprint density at radius 1 is 1.45 bits per heavy atom. The first kappa shape index (κ1) is 15.0. The molecule has 1 aliphatic rings. The van der Waals surface area contributed by atoms with Crippen molar-refractivity contribution in [3.8, 4) is 5.75 Å². The number of hydrogen-bond acceptors (Lipinski definition) is 3. The lowest BCUT2D eigenvalue weighted by Crippen LogP contribution is -2.25. The second-order valence-corrected chi connectivity index (χ2v) is 4.84. The number of alkyl halides is 3. The minimum Gasteiger partial charge on any atom is -0.482 e. The molecule has 0 radical (unpaired) electrons. The smallest absolute Gasteiger partial charge is 0.262 e. The molecule has 1 amide bonds. The van der Waals surface area contributed by atoms with Gasteiger partial charge in [-0.05, 0) is 24.1 Å².